The molecule has 1 aliphatic rings. The van der Waals surface area contributed by atoms with Crippen LogP contribution >= 0.6 is 0 Å². The van der Waals surface area contributed by atoms with E-state index in [1.54, 1.807) is 0 Å². The van der Waals surface area contributed by atoms with Crippen molar-refractivity contribution in [1.82, 2.24) is 4.90 Å². The summed E-state index contributed by atoms with van der Waals surface area (Å²) >= 11 is 0. The Morgan fingerprint density at radius 3 is 1.84 bits per heavy atom. The van der Waals surface area contributed by atoms with Crippen LogP contribution in [0.15, 0.2) is 91.0 Å². The van der Waals surface area contributed by atoms with Crippen LogP contribution in [0.25, 0.3) is 0 Å². The van der Waals surface area contributed by atoms with Crippen molar-refractivity contribution in [3.8, 4) is 0 Å². The van der Waals surface area contributed by atoms with Crippen LogP contribution < -0.4 is 0 Å². The molecule has 1 N–H and O–H groups in total. The normalized spacial score (nSPS) is 16.3. The molecule has 1 heterocycles. The Balaban J connectivity index is 1.21. The van der Waals surface area contributed by atoms with Gasteiger partial charge in [0.2, 0.25) is 0 Å². The Hall–Kier alpha value is -2.46. The lowest BCUT2D eigenvalue weighted by Gasteiger charge is -2.33. The molecule has 0 saturated carbocycles. The molecule has 0 bridgehead atoms. The van der Waals surface area contributed by atoms with E-state index in [0.717, 1.165) is 19.0 Å². The van der Waals surface area contributed by atoms with Crippen LogP contribution in [0.3, 0.4) is 0 Å². The van der Waals surface area contributed by atoms with Gasteiger partial charge in [0.05, 0.1) is 19.3 Å². The fourth-order valence-corrected chi connectivity index (χ4v) is 4.75. The van der Waals surface area contributed by atoms with E-state index < -0.39 is 6.10 Å². The van der Waals surface area contributed by atoms with Gasteiger partial charge in [-0.3, -0.25) is 0 Å². The molecular formula is C29H35NO2. The van der Waals surface area contributed by atoms with Crippen molar-refractivity contribution in [2.75, 3.05) is 32.8 Å². The largest absolute Gasteiger partial charge is 0.389 e. The molecular weight excluding hydrogens is 394 g/mol. The Bertz CT molecular complexity index is 853. The van der Waals surface area contributed by atoms with Gasteiger partial charge in [-0.2, -0.15) is 0 Å². The Labute approximate surface area is 192 Å². The molecule has 1 fully saturated rings. The molecule has 3 nitrogen and oxygen atoms in total. The second-order valence-electron chi connectivity index (χ2n) is 9.00. The molecule has 0 amide bonds. The van der Waals surface area contributed by atoms with Crippen LogP contribution in [0.2, 0.25) is 0 Å². The zero-order valence-electron chi connectivity index (χ0n) is 18.9. The van der Waals surface area contributed by atoms with E-state index in [1.807, 2.05) is 12.1 Å². The molecule has 0 radical (unpaired) electrons. The standard InChI is InChI=1S/C29H35NO2/c31-28(21-30-18-16-25(17-19-30)20-24-10-4-1-5-11-24)22-32-23-29(26-12-6-2-7-13-26)27-14-8-3-9-15-27/h1-15,25,28-29,31H,16-23H2/t28-/m1/s1. The monoisotopic (exact) mass is 429 g/mol. The maximum atomic E-state index is 10.6. The molecule has 0 aromatic heterocycles. The van der Waals surface area contributed by atoms with Gasteiger partial charge in [-0.25, -0.2) is 0 Å². The SMILES string of the molecule is O[C@@H](COCC(c1ccccc1)c1ccccc1)CN1CCC(Cc2ccccc2)CC1. The van der Waals surface area contributed by atoms with Crippen molar-refractivity contribution in [3.05, 3.63) is 108 Å². The molecule has 32 heavy (non-hydrogen) atoms. The number of ether oxygens (including phenoxy) is 1. The molecule has 1 atom stereocenters. The lowest BCUT2D eigenvalue weighted by atomic mass is 9.90. The van der Waals surface area contributed by atoms with Gasteiger partial charge >= 0.3 is 0 Å². The van der Waals surface area contributed by atoms with E-state index in [2.05, 4.69) is 83.8 Å². The summed E-state index contributed by atoms with van der Waals surface area (Å²) in [6, 6.07) is 31.8. The van der Waals surface area contributed by atoms with E-state index in [-0.39, 0.29) is 5.92 Å². The lowest BCUT2D eigenvalue weighted by Crippen LogP contribution is -2.40. The maximum absolute atomic E-state index is 10.6. The van der Waals surface area contributed by atoms with Crippen LogP contribution in [-0.2, 0) is 11.2 Å². The van der Waals surface area contributed by atoms with Crippen molar-refractivity contribution < 1.29 is 9.84 Å². The van der Waals surface area contributed by atoms with E-state index in [4.69, 9.17) is 4.74 Å². The average Bonchev–Trinajstić information content (AvgIpc) is 2.85. The lowest BCUT2D eigenvalue weighted by molar-refractivity contribution is 0.00863. The molecule has 0 aliphatic carbocycles. The van der Waals surface area contributed by atoms with Gasteiger partial charge in [0.15, 0.2) is 0 Å². The number of benzene rings is 3. The van der Waals surface area contributed by atoms with Gasteiger partial charge in [0.25, 0.3) is 0 Å². The highest BCUT2D eigenvalue weighted by Crippen LogP contribution is 2.25. The summed E-state index contributed by atoms with van der Waals surface area (Å²) in [5.74, 6) is 0.929. The first kappa shape index (κ1) is 22.7. The molecule has 3 heteroatoms. The third-order valence-corrected chi connectivity index (χ3v) is 6.54. The molecule has 0 unspecified atom stereocenters. The summed E-state index contributed by atoms with van der Waals surface area (Å²) in [4.78, 5) is 2.39. The summed E-state index contributed by atoms with van der Waals surface area (Å²) in [6.07, 6.45) is 3.12. The smallest absolute Gasteiger partial charge is 0.0900 e. The van der Waals surface area contributed by atoms with Gasteiger partial charge in [-0.05, 0) is 55.0 Å². The average molecular weight is 430 g/mol. The van der Waals surface area contributed by atoms with Gasteiger partial charge in [-0.1, -0.05) is 91.0 Å². The summed E-state index contributed by atoms with van der Waals surface area (Å²) in [5.41, 5.74) is 3.92. The predicted octanol–water partition coefficient (Wildman–Crippen LogP) is 5.15. The highest BCUT2D eigenvalue weighted by Gasteiger charge is 2.22. The third-order valence-electron chi connectivity index (χ3n) is 6.54. The highest BCUT2D eigenvalue weighted by molar-refractivity contribution is 5.32. The zero-order chi connectivity index (χ0) is 22.0. The van der Waals surface area contributed by atoms with Gasteiger partial charge in [0.1, 0.15) is 0 Å². The molecule has 3 aromatic carbocycles. The highest BCUT2D eigenvalue weighted by atomic mass is 16.5. The zero-order valence-corrected chi connectivity index (χ0v) is 18.9. The number of hydrogen-bond acceptors (Lipinski definition) is 3. The van der Waals surface area contributed by atoms with Crippen molar-refractivity contribution >= 4 is 0 Å². The fraction of sp³-hybridized carbons (Fsp3) is 0.379. The molecule has 4 rings (SSSR count). The second kappa shape index (κ2) is 12.0. The Morgan fingerprint density at radius 2 is 1.28 bits per heavy atom. The third kappa shape index (κ3) is 6.77. The van der Waals surface area contributed by atoms with E-state index in [0.29, 0.717) is 19.8 Å². The molecule has 168 valence electrons. The topological polar surface area (TPSA) is 32.7 Å². The van der Waals surface area contributed by atoms with Crippen LogP contribution in [-0.4, -0.2) is 49.0 Å². The van der Waals surface area contributed by atoms with Crippen LogP contribution in [0.1, 0.15) is 35.4 Å². The summed E-state index contributed by atoms with van der Waals surface area (Å²) < 4.78 is 6.03. The van der Waals surface area contributed by atoms with E-state index in [9.17, 15) is 5.11 Å². The number of rotatable bonds is 10. The number of aliphatic hydroxyl groups is 1. The van der Waals surface area contributed by atoms with Crippen molar-refractivity contribution in [2.45, 2.75) is 31.3 Å². The van der Waals surface area contributed by atoms with E-state index in [1.165, 1.54) is 36.0 Å². The number of nitrogens with zero attached hydrogens (tertiary/aromatic N) is 1. The predicted molar refractivity (Wildman–Crippen MR) is 131 cm³/mol. The van der Waals surface area contributed by atoms with Crippen LogP contribution in [0, 0.1) is 5.92 Å². The minimum atomic E-state index is -0.451. The maximum Gasteiger partial charge on any atom is 0.0900 e. The summed E-state index contributed by atoms with van der Waals surface area (Å²) in [7, 11) is 0. The van der Waals surface area contributed by atoms with Gasteiger partial charge < -0.3 is 14.7 Å². The van der Waals surface area contributed by atoms with Crippen LogP contribution in [0.4, 0.5) is 0 Å². The van der Waals surface area contributed by atoms with Gasteiger partial charge in [0, 0.05) is 12.5 Å². The molecule has 3 aromatic rings. The first-order valence-electron chi connectivity index (χ1n) is 11.9. The number of piperidine rings is 1. The summed E-state index contributed by atoms with van der Waals surface area (Å²) in [5, 5.41) is 10.6. The number of hydrogen-bond donors (Lipinski definition) is 1. The van der Waals surface area contributed by atoms with Gasteiger partial charge in [-0.15, -0.1) is 0 Å². The fourth-order valence-electron chi connectivity index (χ4n) is 4.75. The minimum absolute atomic E-state index is 0.179. The van der Waals surface area contributed by atoms with E-state index >= 15 is 0 Å². The van der Waals surface area contributed by atoms with Crippen molar-refractivity contribution in [1.29, 1.82) is 0 Å². The quantitative estimate of drug-likeness (QED) is 0.484. The van der Waals surface area contributed by atoms with Crippen molar-refractivity contribution in [3.63, 3.8) is 0 Å². The number of β-amino-alcohol motifs (C(OH)–C–C–N with tert-alkyl or cyclic N) is 1. The van der Waals surface area contributed by atoms with Crippen molar-refractivity contribution in [2.24, 2.45) is 5.92 Å². The number of aliphatic hydroxyl groups excluding tert-OH is 1. The minimum Gasteiger partial charge on any atom is -0.389 e. The first-order chi connectivity index (χ1) is 15.8. The Kier molecular flexibility index (Phi) is 8.49. The molecule has 0 spiro atoms. The summed E-state index contributed by atoms with van der Waals surface area (Å²) in [6.45, 7) is 3.76. The Morgan fingerprint density at radius 1 is 0.750 bits per heavy atom. The van der Waals surface area contributed by atoms with Crippen LogP contribution in [0.5, 0.6) is 0 Å². The molecule has 1 aliphatic heterocycles. The first-order valence-corrected chi connectivity index (χ1v) is 11.9. The second-order valence-corrected chi connectivity index (χ2v) is 9.00. The molecule has 1 saturated heterocycles. The number of likely N-dealkylation sites (tertiary alicyclic amines) is 1.